The minimum atomic E-state index is -5.47. The number of urea groups is 2. The van der Waals surface area contributed by atoms with Gasteiger partial charge in [0.25, 0.3) is 0 Å². The molecule has 81 heavy (non-hydrogen) atoms. The molecule has 27 nitrogen and oxygen atoms in total. The highest BCUT2D eigenvalue weighted by Crippen LogP contribution is 2.61. The van der Waals surface area contributed by atoms with Gasteiger partial charge in [-0.2, -0.15) is 4.31 Å². The van der Waals surface area contributed by atoms with E-state index in [4.69, 9.17) is 41.8 Å². The Bertz CT molecular complexity index is 3160. The number of rotatable bonds is 22. The van der Waals surface area contributed by atoms with Gasteiger partial charge in [-0.05, 0) is 48.9 Å². The van der Waals surface area contributed by atoms with Gasteiger partial charge in [-0.15, -0.1) is 0 Å². The van der Waals surface area contributed by atoms with E-state index < -0.39 is 103 Å². The van der Waals surface area contributed by atoms with Crippen molar-refractivity contribution in [1.82, 2.24) is 49.7 Å². The maximum absolute atomic E-state index is 13.6. The van der Waals surface area contributed by atoms with Crippen molar-refractivity contribution < 1.29 is 70.3 Å². The highest BCUT2D eigenvalue weighted by Gasteiger charge is 2.56. The lowest BCUT2D eigenvalue weighted by Gasteiger charge is -2.22. The van der Waals surface area contributed by atoms with Crippen molar-refractivity contribution in [1.29, 1.82) is 0 Å². The summed E-state index contributed by atoms with van der Waals surface area (Å²) in [6.07, 6.45) is 2.53. The van der Waals surface area contributed by atoms with Crippen LogP contribution in [0, 0.1) is 23.7 Å². The number of benzene rings is 2. The van der Waals surface area contributed by atoms with E-state index >= 15 is 0 Å². The van der Waals surface area contributed by atoms with Gasteiger partial charge in [0.2, 0.25) is 12.6 Å². The molecule has 8 heterocycles. The quantitative estimate of drug-likeness (QED) is 0.0242. The van der Waals surface area contributed by atoms with E-state index in [-0.39, 0.29) is 34.0 Å². The third-order valence-corrected chi connectivity index (χ3v) is 15.9. The molecule has 0 aliphatic carbocycles. The molecule has 4 aliphatic heterocycles. The molecule has 4 saturated heterocycles. The Morgan fingerprint density at radius 2 is 0.988 bits per heavy atom. The van der Waals surface area contributed by atoms with Crippen LogP contribution in [0.3, 0.4) is 0 Å². The van der Waals surface area contributed by atoms with Gasteiger partial charge in [0.15, 0.2) is 46.4 Å². The number of unbranched alkanes of at least 4 members (excludes halogenated alkanes) is 6. The van der Waals surface area contributed by atoms with Crippen LogP contribution in [-0.4, -0.2) is 136 Å². The summed E-state index contributed by atoms with van der Waals surface area (Å²) in [5, 5.41) is 11.1. The van der Waals surface area contributed by atoms with E-state index in [2.05, 4.69) is 88.7 Å². The third kappa shape index (κ3) is 14.3. The maximum Gasteiger partial charge on any atom is 0.481 e. The second-order valence-electron chi connectivity index (χ2n) is 19.1. The number of hydrogen-bond acceptors (Lipinski definition) is 19. The summed E-state index contributed by atoms with van der Waals surface area (Å²) >= 11 is 0. The topological polar surface area (TPSA) is 327 Å². The van der Waals surface area contributed by atoms with Crippen LogP contribution in [0.5, 0.6) is 0 Å². The molecule has 4 aromatic heterocycles. The van der Waals surface area contributed by atoms with E-state index in [1.54, 1.807) is 24.3 Å². The number of ether oxygens (including phenoxy) is 6. The molecule has 0 radical (unpaired) electrons. The number of phosphoric ester groups is 2. The van der Waals surface area contributed by atoms with Crippen LogP contribution >= 0.6 is 15.6 Å². The van der Waals surface area contributed by atoms with Crippen molar-refractivity contribution in [3.8, 4) is 23.7 Å². The first kappa shape index (κ1) is 57.5. The zero-order valence-electron chi connectivity index (χ0n) is 44.0. The van der Waals surface area contributed by atoms with Gasteiger partial charge < -0.3 is 48.8 Å². The molecule has 4 aliphatic rings. The number of carbonyl (C=O) groups excluding carboxylic acids is 2. The van der Waals surface area contributed by atoms with Crippen LogP contribution in [0.2, 0.25) is 0 Å². The summed E-state index contributed by atoms with van der Waals surface area (Å²) in [5.74, 6) is 12.2. The third-order valence-electron chi connectivity index (χ3n) is 13.3. The van der Waals surface area contributed by atoms with Gasteiger partial charge in [0, 0.05) is 24.2 Å². The molecule has 428 valence electrons. The fourth-order valence-corrected chi connectivity index (χ4v) is 11.5. The van der Waals surface area contributed by atoms with E-state index in [9.17, 15) is 28.5 Å². The Kier molecular flexibility index (Phi) is 18.7. The molecule has 4 amide bonds. The average molecular weight is 1160 g/mol. The molecule has 0 spiro atoms. The molecular formula is C52H60N12O15P2. The lowest BCUT2D eigenvalue weighted by atomic mass is 10.1. The van der Waals surface area contributed by atoms with Gasteiger partial charge in [-0.25, -0.2) is 48.6 Å². The van der Waals surface area contributed by atoms with Crippen molar-refractivity contribution in [2.75, 3.05) is 36.9 Å². The summed E-state index contributed by atoms with van der Waals surface area (Å²) < 4.78 is 83.3. The van der Waals surface area contributed by atoms with Gasteiger partial charge in [0.1, 0.15) is 49.3 Å². The van der Waals surface area contributed by atoms with Crippen molar-refractivity contribution in [3.05, 3.63) is 97.1 Å². The second kappa shape index (κ2) is 26.4. The number of aromatic nitrogens is 8. The van der Waals surface area contributed by atoms with Crippen LogP contribution < -0.4 is 21.3 Å². The van der Waals surface area contributed by atoms with Gasteiger partial charge in [-0.3, -0.25) is 28.8 Å². The zero-order chi connectivity index (χ0) is 56.3. The standard InChI is InChI=1S/C52H60N12O15P2/c1-3-5-7-15-25-53-51(65)61-45-39-47(57-29-55-45)63(31-59-39)49-43-41(75-37(77-43)23-21-33-17-11-9-12-18-33)35(73-49)27-71-80(67,68)79-81(69,70)72-28-36-42-44(78-38(76-42)24-22-34-19-13-10-14-20-34)50(74-36)64-32-60-40-46(56-30-58-48(40)64)62-52(66)54-26-16-8-6-4-2/h9-14,17-20,29-32,35-38,41-44,49-50H,3-8,15-16,25-28H2,1-2H3,(H,67,68)(H,69,70)(H2,53,55,57,61,65)(H2,54,56,58,62,66)/t35-,36-,37?,38?,41-,42-,43-,44-,49-,50-/m1/s1. The normalized spacial score (nSPS) is 25.2. The molecule has 4 fully saturated rings. The fraction of sp³-hybridized carbons (Fsp3) is 0.462. The Balaban J connectivity index is 0.813. The largest absolute Gasteiger partial charge is 0.481 e. The van der Waals surface area contributed by atoms with Crippen LogP contribution in [0.15, 0.2) is 86.0 Å². The minimum absolute atomic E-state index is 0.129. The number of anilines is 2. The van der Waals surface area contributed by atoms with Crippen LogP contribution in [0.4, 0.5) is 21.2 Å². The predicted octanol–water partition coefficient (Wildman–Crippen LogP) is 6.44. The SMILES string of the molecule is CCCCCCNC(=O)Nc1ncnc2c1ncn2[C@@H]1O[C@H](COP(=O)(O)OP(=O)(O)OC[C@H]2O[C@@H](n3cnc4c(NC(=O)NCCCCCC)ncnc43)[C@@H]3OC(C#Cc4ccccc4)O[C@@H]32)[C@H]2OC(C#Cc3ccccc3)O[C@H]21. The molecule has 29 heteroatoms. The predicted molar refractivity (Wildman–Crippen MR) is 287 cm³/mol. The van der Waals surface area contributed by atoms with Crippen LogP contribution in [0.1, 0.15) is 88.8 Å². The number of nitrogens with zero attached hydrogens (tertiary/aromatic N) is 8. The van der Waals surface area contributed by atoms with Gasteiger partial charge >= 0.3 is 27.7 Å². The molecule has 6 aromatic rings. The van der Waals surface area contributed by atoms with E-state index in [1.165, 1.54) is 34.4 Å². The monoisotopic (exact) mass is 1150 g/mol. The zero-order valence-corrected chi connectivity index (χ0v) is 45.8. The molecule has 0 bridgehead atoms. The van der Waals surface area contributed by atoms with Gasteiger partial charge in [-0.1, -0.05) is 101 Å². The number of amides is 4. The number of carbonyl (C=O) groups is 2. The first-order valence-corrected chi connectivity index (χ1v) is 29.5. The van der Waals surface area contributed by atoms with Crippen molar-refractivity contribution in [2.45, 2.75) is 127 Å². The smallest absolute Gasteiger partial charge is 0.347 e. The van der Waals surface area contributed by atoms with E-state index in [0.29, 0.717) is 24.2 Å². The Morgan fingerprint density at radius 1 is 0.568 bits per heavy atom. The van der Waals surface area contributed by atoms with Crippen molar-refractivity contribution >= 4 is 61.7 Å². The first-order chi connectivity index (χ1) is 39.3. The summed E-state index contributed by atoms with van der Waals surface area (Å²) in [5.41, 5.74) is 2.30. The van der Waals surface area contributed by atoms with Crippen molar-refractivity contribution in [2.24, 2.45) is 0 Å². The Labute approximate surface area is 464 Å². The summed E-state index contributed by atoms with van der Waals surface area (Å²) in [6.45, 7) is 3.67. The maximum atomic E-state index is 13.6. The molecule has 6 N–H and O–H groups in total. The molecule has 2 aromatic carbocycles. The molecule has 10 rings (SSSR count). The van der Waals surface area contributed by atoms with Gasteiger partial charge in [0.05, 0.1) is 25.9 Å². The van der Waals surface area contributed by atoms with Crippen LogP contribution in [-0.2, 0) is 50.9 Å². The number of phosphoric acid groups is 2. The number of imidazole rings is 2. The average Bonchev–Trinajstić information content (AvgIpc) is 4.43. The molecule has 12 atom stereocenters. The lowest BCUT2D eigenvalue weighted by Crippen LogP contribution is -2.32. The number of nitrogens with one attached hydrogen (secondary N) is 4. The highest BCUT2D eigenvalue weighted by atomic mass is 31.3. The van der Waals surface area contributed by atoms with Crippen molar-refractivity contribution in [3.63, 3.8) is 0 Å². The second-order valence-corrected chi connectivity index (χ2v) is 22.1. The Hall–Kier alpha value is -6.78. The Morgan fingerprint density at radius 3 is 1.41 bits per heavy atom. The summed E-state index contributed by atoms with van der Waals surface area (Å²) in [4.78, 5) is 73.8. The lowest BCUT2D eigenvalue weighted by molar-refractivity contribution is -0.130. The van der Waals surface area contributed by atoms with Crippen LogP contribution in [0.25, 0.3) is 22.3 Å². The minimum Gasteiger partial charge on any atom is -0.347 e. The van der Waals surface area contributed by atoms with E-state index in [0.717, 1.165) is 51.4 Å². The molecule has 4 unspecified atom stereocenters. The summed E-state index contributed by atoms with van der Waals surface area (Å²) in [7, 11) is -10.9. The number of hydrogen-bond donors (Lipinski definition) is 6. The van der Waals surface area contributed by atoms with E-state index in [1.807, 2.05) is 36.4 Å². The molecular weight excluding hydrogens is 1090 g/mol. The fourth-order valence-electron chi connectivity index (χ4n) is 9.43. The first-order valence-electron chi connectivity index (χ1n) is 26.5. The summed E-state index contributed by atoms with van der Waals surface area (Å²) in [6, 6.07) is 17.3. The highest BCUT2D eigenvalue weighted by molar-refractivity contribution is 7.61. The number of fused-ring (bicyclic) bond motifs is 4. The molecule has 0 saturated carbocycles.